The van der Waals surface area contributed by atoms with Crippen LogP contribution in [-0.4, -0.2) is 64.4 Å². The van der Waals surface area contributed by atoms with Crippen LogP contribution in [0.4, 0.5) is 13.2 Å². The second-order valence-electron chi connectivity index (χ2n) is 8.25. The topological polar surface area (TPSA) is 104 Å². The van der Waals surface area contributed by atoms with E-state index in [1.807, 2.05) is 0 Å². The third-order valence-corrected chi connectivity index (χ3v) is 7.02. The Kier molecular flexibility index (Phi) is 7.67. The minimum atomic E-state index is -3.11. The number of aromatic nitrogens is 1. The van der Waals surface area contributed by atoms with Gasteiger partial charge in [-0.3, -0.25) is 14.7 Å². The molecule has 0 radical (unpaired) electrons. The number of hydrogen-bond acceptors (Lipinski definition) is 8. The molecule has 13 heteroatoms. The molecule has 8 nitrogen and oxygen atoms in total. The number of nitrogens with one attached hydrogen (secondary N) is 1. The number of thiazole rings is 1. The highest BCUT2D eigenvalue weighted by Gasteiger charge is 2.44. The molecule has 1 aromatic carbocycles. The van der Waals surface area contributed by atoms with Crippen molar-refractivity contribution in [2.45, 2.75) is 37.8 Å². The first kappa shape index (κ1) is 26.1. The molecular formula is C23H22ClF3N4O4S. The first-order chi connectivity index (χ1) is 17.1. The van der Waals surface area contributed by atoms with Crippen LogP contribution in [-0.2, 0) is 14.3 Å². The highest BCUT2D eigenvalue weighted by Crippen LogP contribution is 2.38. The Labute approximate surface area is 213 Å². The number of amidine groups is 1. The number of rotatable bonds is 7. The number of aliphatic imine (C=N–C) groups is 1. The van der Waals surface area contributed by atoms with Gasteiger partial charge in [0.05, 0.1) is 23.7 Å². The van der Waals surface area contributed by atoms with Gasteiger partial charge in [0.2, 0.25) is 0 Å². The summed E-state index contributed by atoms with van der Waals surface area (Å²) in [6, 6.07) is 1.71. The molecule has 0 saturated carbocycles. The van der Waals surface area contributed by atoms with Gasteiger partial charge in [-0.05, 0) is 19.4 Å². The Morgan fingerprint density at radius 2 is 2.17 bits per heavy atom. The summed E-state index contributed by atoms with van der Waals surface area (Å²) in [5.74, 6) is -5.71. The lowest BCUT2D eigenvalue weighted by atomic mass is 9.93. The number of hydrogen-bond donors (Lipinski definition) is 2. The van der Waals surface area contributed by atoms with E-state index in [-0.39, 0.29) is 47.3 Å². The number of halogens is 4. The number of ether oxygens (including phenoxy) is 1. The molecule has 36 heavy (non-hydrogen) atoms. The quantitative estimate of drug-likeness (QED) is 0.509. The fraction of sp³-hybridized carbons (Fsp3) is 0.391. The standard InChI is InChI=1S/C23H22ClF3N4O4S/c1-2-35-22(34)16-14(10-31-11-23(26,27)7-6-15(31)21(32)33)29-19(20-28-8-9-36-20)30-18(16)12-4-3-5-13(25)17(12)24/h3-5,8-9,15,18H,2,6-7,10-11H2,1H3,(H,29,30)(H,32,33)/t15-,18+/m1/s1. The Bertz CT molecular complexity index is 1220. The molecule has 4 rings (SSSR count). The second-order valence-corrected chi connectivity index (χ2v) is 9.52. The molecule has 0 amide bonds. The van der Waals surface area contributed by atoms with Crippen LogP contribution >= 0.6 is 22.9 Å². The summed E-state index contributed by atoms with van der Waals surface area (Å²) in [5, 5.41) is 14.5. The summed E-state index contributed by atoms with van der Waals surface area (Å²) < 4.78 is 48.2. The smallest absolute Gasteiger partial charge is 0.338 e. The molecule has 0 unspecified atom stereocenters. The lowest BCUT2D eigenvalue weighted by Gasteiger charge is -2.39. The van der Waals surface area contributed by atoms with Crippen LogP contribution in [0.1, 0.15) is 36.4 Å². The molecule has 0 spiro atoms. The number of likely N-dealkylation sites (tertiary alicyclic amines) is 1. The highest BCUT2D eigenvalue weighted by molar-refractivity contribution is 7.11. The number of carbonyl (C=O) groups excluding carboxylic acids is 1. The Hall–Kier alpha value is -2.96. The zero-order valence-corrected chi connectivity index (χ0v) is 20.6. The van der Waals surface area contributed by atoms with Crippen molar-refractivity contribution in [2.75, 3.05) is 19.7 Å². The number of carboxylic acids is 1. The molecule has 1 aromatic heterocycles. The number of esters is 1. The maximum Gasteiger partial charge on any atom is 0.338 e. The molecule has 2 atom stereocenters. The maximum absolute atomic E-state index is 14.4. The lowest BCUT2D eigenvalue weighted by Crippen LogP contribution is -2.54. The number of nitrogens with zero attached hydrogens (tertiary/aromatic N) is 3. The van der Waals surface area contributed by atoms with Gasteiger partial charge >= 0.3 is 11.9 Å². The largest absolute Gasteiger partial charge is 0.480 e. The molecule has 0 aliphatic carbocycles. The molecule has 3 heterocycles. The fourth-order valence-corrected chi connectivity index (χ4v) is 5.06. The number of aliphatic carboxylic acids is 1. The van der Waals surface area contributed by atoms with Crippen molar-refractivity contribution in [2.24, 2.45) is 4.99 Å². The SMILES string of the molecule is CCOC(=O)C1=C(CN2CC(F)(F)CC[C@@H]2C(=O)O)NC(c2nccs2)=N[C@H]1c1cccc(F)c1Cl. The van der Waals surface area contributed by atoms with E-state index in [4.69, 9.17) is 16.3 Å². The van der Waals surface area contributed by atoms with E-state index in [0.29, 0.717) is 5.01 Å². The van der Waals surface area contributed by atoms with Crippen LogP contribution in [0.5, 0.6) is 0 Å². The summed E-state index contributed by atoms with van der Waals surface area (Å²) in [5.41, 5.74) is 0.178. The van der Waals surface area contributed by atoms with E-state index in [1.54, 1.807) is 12.3 Å². The summed E-state index contributed by atoms with van der Waals surface area (Å²) in [6.07, 6.45) is 0.701. The molecule has 1 fully saturated rings. The van der Waals surface area contributed by atoms with Gasteiger partial charge in [-0.25, -0.2) is 22.9 Å². The first-order valence-electron chi connectivity index (χ1n) is 11.0. The predicted molar refractivity (Wildman–Crippen MR) is 127 cm³/mol. The second kappa shape index (κ2) is 10.6. The van der Waals surface area contributed by atoms with Crippen LogP contribution in [0.3, 0.4) is 0 Å². The van der Waals surface area contributed by atoms with Gasteiger partial charge in [-0.1, -0.05) is 23.7 Å². The van der Waals surface area contributed by atoms with Gasteiger partial charge in [-0.2, -0.15) is 0 Å². The van der Waals surface area contributed by atoms with E-state index in [2.05, 4.69) is 15.3 Å². The van der Waals surface area contributed by atoms with Gasteiger partial charge in [0.1, 0.15) is 17.9 Å². The Balaban J connectivity index is 1.86. The first-order valence-corrected chi connectivity index (χ1v) is 12.3. The minimum Gasteiger partial charge on any atom is -0.480 e. The summed E-state index contributed by atoms with van der Waals surface area (Å²) in [4.78, 5) is 34.9. The normalized spacial score (nSPS) is 22.1. The van der Waals surface area contributed by atoms with Crippen LogP contribution in [0.15, 0.2) is 46.0 Å². The average molecular weight is 543 g/mol. The maximum atomic E-state index is 14.4. The summed E-state index contributed by atoms with van der Waals surface area (Å²) >= 11 is 7.48. The van der Waals surface area contributed by atoms with E-state index in [1.165, 1.54) is 29.7 Å². The monoisotopic (exact) mass is 542 g/mol. The molecule has 1 saturated heterocycles. The van der Waals surface area contributed by atoms with Gasteiger partial charge < -0.3 is 15.2 Å². The van der Waals surface area contributed by atoms with Gasteiger partial charge in [0.25, 0.3) is 5.92 Å². The van der Waals surface area contributed by atoms with Gasteiger partial charge in [0.15, 0.2) is 10.8 Å². The van der Waals surface area contributed by atoms with Crippen molar-refractivity contribution in [3.05, 3.63) is 62.5 Å². The molecule has 0 bridgehead atoms. The summed E-state index contributed by atoms with van der Waals surface area (Å²) in [6.45, 7) is 0.422. The van der Waals surface area contributed by atoms with E-state index in [9.17, 15) is 27.9 Å². The van der Waals surface area contributed by atoms with Crippen molar-refractivity contribution in [1.82, 2.24) is 15.2 Å². The van der Waals surface area contributed by atoms with Gasteiger partial charge in [-0.15, -0.1) is 11.3 Å². The highest BCUT2D eigenvalue weighted by atomic mass is 35.5. The fourth-order valence-electron chi connectivity index (χ4n) is 4.24. The molecule has 2 aliphatic heterocycles. The molecule has 2 aromatic rings. The lowest BCUT2D eigenvalue weighted by molar-refractivity contribution is -0.151. The Morgan fingerprint density at radius 3 is 2.83 bits per heavy atom. The number of alkyl halides is 2. The number of benzene rings is 1. The number of carboxylic acid groups (broad SMARTS) is 1. The van der Waals surface area contributed by atoms with Crippen LogP contribution < -0.4 is 5.32 Å². The van der Waals surface area contributed by atoms with Gasteiger partial charge in [0, 0.05) is 35.8 Å². The van der Waals surface area contributed by atoms with Crippen molar-refractivity contribution in [3.8, 4) is 0 Å². The predicted octanol–water partition coefficient (Wildman–Crippen LogP) is 4.03. The molecule has 192 valence electrons. The van der Waals surface area contributed by atoms with Crippen molar-refractivity contribution in [1.29, 1.82) is 0 Å². The summed E-state index contributed by atoms with van der Waals surface area (Å²) in [7, 11) is 0. The zero-order valence-electron chi connectivity index (χ0n) is 19.0. The number of piperidine rings is 1. The van der Waals surface area contributed by atoms with Crippen molar-refractivity contribution in [3.63, 3.8) is 0 Å². The minimum absolute atomic E-state index is 0.00179. The molecule has 2 N–H and O–H groups in total. The average Bonchev–Trinajstić information content (AvgIpc) is 3.35. The third-order valence-electron chi connectivity index (χ3n) is 5.84. The van der Waals surface area contributed by atoms with E-state index < -0.39 is 48.7 Å². The van der Waals surface area contributed by atoms with Crippen molar-refractivity contribution >= 4 is 40.7 Å². The molecule has 2 aliphatic rings. The third kappa shape index (κ3) is 5.40. The van der Waals surface area contributed by atoms with Crippen molar-refractivity contribution < 1.29 is 32.6 Å². The zero-order chi connectivity index (χ0) is 26.0. The van der Waals surface area contributed by atoms with E-state index in [0.717, 1.165) is 11.0 Å². The van der Waals surface area contributed by atoms with E-state index >= 15 is 0 Å². The Morgan fingerprint density at radius 1 is 1.39 bits per heavy atom. The van der Waals surface area contributed by atoms with Crippen LogP contribution in [0, 0.1) is 5.82 Å². The van der Waals surface area contributed by atoms with Crippen LogP contribution in [0.2, 0.25) is 5.02 Å². The number of carbonyl (C=O) groups is 2. The van der Waals surface area contributed by atoms with Crippen LogP contribution in [0.25, 0.3) is 0 Å². The molecular weight excluding hydrogens is 521 g/mol.